The lowest BCUT2D eigenvalue weighted by Crippen LogP contribution is -2.49. The van der Waals surface area contributed by atoms with Crippen molar-refractivity contribution in [2.75, 3.05) is 0 Å². The summed E-state index contributed by atoms with van der Waals surface area (Å²) in [6, 6.07) is 0. The van der Waals surface area contributed by atoms with Crippen LogP contribution in [0.2, 0.25) is 0 Å². The first-order valence-electron chi connectivity index (χ1n) is 10.9. The predicted molar refractivity (Wildman–Crippen MR) is 99.2 cm³/mol. The number of aliphatic carboxylic acids is 1. The molecule has 1 N–H and O–H groups in total. The van der Waals surface area contributed by atoms with Crippen molar-refractivity contribution in [3.05, 3.63) is 22.8 Å². The first-order valence-corrected chi connectivity index (χ1v) is 10.9. The summed E-state index contributed by atoms with van der Waals surface area (Å²) in [5.41, 5.74) is 4.32. The van der Waals surface area contributed by atoms with Gasteiger partial charge in [0, 0.05) is 5.92 Å². The third-order valence-corrected chi connectivity index (χ3v) is 8.66. The highest BCUT2D eigenvalue weighted by Gasteiger charge is 2.55. The minimum atomic E-state index is -0.511. The van der Waals surface area contributed by atoms with Crippen molar-refractivity contribution >= 4 is 5.97 Å². The van der Waals surface area contributed by atoms with Gasteiger partial charge in [0.15, 0.2) is 0 Å². The molecule has 2 heteroatoms. The molecule has 3 fully saturated rings. The van der Waals surface area contributed by atoms with Crippen molar-refractivity contribution in [2.24, 2.45) is 29.1 Å². The van der Waals surface area contributed by atoms with Gasteiger partial charge in [0.05, 0.1) is 5.41 Å². The Morgan fingerprint density at radius 2 is 1.80 bits per heavy atom. The molecule has 136 valence electrons. The minimum absolute atomic E-state index is 0.398. The minimum Gasteiger partial charge on any atom is -0.481 e. The maximum Gasteiger partial charge on any atom is 0.314 e. The van der Waals surface area contributed by atoms with E-state index < -0.39 is 11.4 Å². The second-order valence-corrected chi connectivity index (χ2v) is 9.45. The molecule has 0 spiro atoms. The van der Waals surface area contributed by atoms with Crippen LogP contribution in [0.1, 0.15) is 83.5 Å². The Hall–Kier alpha value is -1.05. The Morgan fingerprint density at radius 1 is 0.960 bits per heavy atom. The van der Waals surface area contributed by atoms with Crippen molar-refractivity contribution in [3.63, 3.8) is 0 Å². The third kappa shape index (κ3) is 2.25. The summed E-state index contributed by atoms with van der Waals surface area (Å²) < 4.78 is 0. The van der Waals surface area contributed by atoms with Crippen LogP contribution in [0.15, 0.2) is 22.8 Å². The molecule has 0 radical (unpaired) electrons. The van der Waals surface area contributed by atoms with E-state index >= 15 is 0 Å². The number of allylic oxidation sites excluding steroid dienone is 3. The van der Waals surface area contributed by atoms with Gasteiger partial charge in [-0.1, -0.05) is 42.9 Å². The molecule has 0 aliphatic heterocycles. The molecule has 3 saturated carbocycles. The highest BCUT2D eigenvalue weighted by atomic mass is 16.4. The predicted octanol–water partition coefficient (Wildman–Crippen LogP) is 5.88. The van der Waals surface area contributed by atoms with E-state index in [2.05, 4.69) is 6.08 Å². The molecule has 5 aliphatic carbocycles. The fraction of sp³-hybridized carbons (Fsp3) is 0.783. The Bertz CT molecular complexity index is 642. The van der Waals surface area contributed by atoms with Crippen molar-refractivity contribution in [1.82, 2.24) is 0 Å². The van der Waals surface area contributed by atoms with Gasteiger partial charge in [-0.2, -0.15) is 0 Å². The molecule has 0 aromatic heterocycles. The summed E-state index contributed by atoms with van der Waals surface area (Å²) in [5, 5.41) is 10.3. The topological polar surface area (TPSA) is 37.3 Å². The van der Waals surface area contributed by atoms with E-state index in [1.54, 1.807) is 11.1 Å². The smallest absolute Gasteiger partial charge is 0.314 e. The first kappa shape index (κ1) is 16.1. The monoisotopic (exact) mass is 340 g/mol. The number of hydrogen-bond acceptors (Lipinski definition) is 1. The van der Waals surface area contributed by atoms with Crippen molar-refractivity contribution in [3.8, 4) is 0 Å². The molecule has 25 heavy (non-hydrogen) atoms. The maximum absolute atomic E-state index is 12.5. The Kier molecular flexibility index (Phi) is 3.87. The molecule has 5 rings (SSSR count). The lowest BCUT2D eigenvalue weighted by Gasteiger charge is -2.53. The van der Waals surface area contributed by atoms with E-state index in [9.17, 15) is 9.90 Å². The van der Waals surface area contributed by atoms with Crippen LogP contribution in [0.5, 0.6) is 0 Å². The van der Waals surface area contributed by atoms with Crippen molar-refractivity contribution < 1.29 is 9.90 Å². The maximum atomic E-state index is 12.5. The molecule has 0 bridgehead atoms. The highest BCUT2D eigenvalue weighted by Crippen LogP contribution is 2.61. The van der Waals surface area contributed by atoms with Crippen LogP contribution in [0, 0.1) is 29.1 Å². The van der Waals surface area contributed by atoms with Gasteiger partial charge in [-0.25, -0.2) is 0 Å². The molecule has 0 aromatic carbocycles. The highest BCUT2D eigenvalue weighted by molar-refractivity contribution is 5.80. The van der Waals surface area contributed by atoms with E-state index in [-0.39, 0.29) is 0 Å². The van der Waals surface area contributed by atoms with E-state index in [1.807, 2.05) is 0 Å². The van der Waals surface area contributed by atoms with Crippen LogP contribution in [-0.2, 0) is 4.79 Å². The second-order valence-electron chi connectivity index (χ2n) is 9.45. The summed E-state index contributed by atoms with van der Waals surface area (Å²) in [7, 11) is 0. The van der Waals surface area contributed by atoms with E-state index in [4.69, 9.17) is 0 Å². The van der Waals surface area contributed by atoms with Crippen LogP contribution in [0.3, 0.4) is 0 Å². The van der Waals surface area contributed by atoms with Gasteiger partial charge >= 0.3 is 5.97 Å². The van der Waals surface area contributed by atoms with Gasteiger partial charge in [-0.3, -0.25) is 4.79 Å². The second kappa shape index (κ2) is 5.99. The van der Waals surface area contributed by atoms with E-state index in [0.29, 0.717) is 11.8 Å². The fourth-order valence-electron chi connectivity index (χ4n) is 7.59. The first-order chi connectivity index (χ1) is 12.2. The molecule has 0 heterocycles. The van der Waals surface area contributed by atoms with Gasteiger partial charge in [0.2, 0.25) is 0 Å². The molecule has 0 aromatic rings. The molecule has 2 nitrogen and oxygen atoms in total. The number of carboxylic acid groups (broad SMARTS) is 1. The number of rotatable bonds is 1. The van der Waals surface area contributed by atoms with Gasteiger partial charge in [-0.05, 0) is 81.1 Å². The summed E-state index contributed by atoms with van der Waals surface area (Å²) in [6.07, 6.45) is 18.5. The standard InChI is InChI=1S/C23H32O2/c24-22(25)23-14-4-3-6-16(23)9-11-20-19-10-8-15-5-1-2-7-17(15)18(19)12-13-21(20)23/h13,15-17,20H,1-12,14H2,(H,24,25). The third-order valence-electron chi connectivity index (χ3n) is 8.66. The van der Waals surface area contributed by atoms with Gasteiger partial charge in [0.25, 0.3) is 0 Å². The molecule has 5 unspecified atom stereocenters. The van der Waals surface area contributed by atoms with E-state index in [1.165, 1.54) is 56.9 Å². The van der Waals surface area contributed by atoms with Crippen LogP contribution >= 0.6 is 0 Å². The summed E-state index contributed by atoms with van der Waals surface area (Å²) >= 11 is 0. The lowest BCUT2D eigenvalue weighted by molar-refractivity contribution is -0.153. The Morgan fingerprint density at radius 3 is 2.68 bits per heavy atom. The quantitative estimate of drug-likeness (QED) is 0.605. The molecular formula is C23H32O2. The summed E-state index contributed by atoms with van der Waals surface area (Å²) in [4.78, 5) is 12.5. The SMILES string of the molecule is O=C(O)C12CCCCC1CCC1C2=CCC2=C1CCC1CCCCC21. The number of hydrogen-bond donors (Lipinski definition) is 1. The Labute approximate surface area is 151 Å². The molecule has 0 saturated heterocycles. The van der Waals surface area contributed by atoms with Crippen molar-refractivity contribution in [1.29, 1.82) is 0 Å². The zero-order valence-corrected chi connectivity index (χ0v) is 15.4. The zero-order valence-electron chi connectivity index (χ0n) is 15.4. The average molecular weight is 341 g/mol. The zero-order chi connectivity index (χ0) is 17.0. The van der Waals surface area contributed by atoms with Gasteiger partial charge < -0.3 is 5.11 Å². The largest absolute Gasteiger partial charge is 0.481 e. The van der Waals surface area contributed by atoms with Crippen LogP contribution in [-0.4, -0.2) is 11.1 Å². The number of fused-ring (bicyclic) bond motifs is 6. The molecule has 0 amide bonds. The average Bonchev–Trinajstić information content (AvgIpc) is 2.66. The lowest BCUT2D eigenvalue weighted by atomic mass is 9.50. The van der Waals surface area contributed by atoms with Crippen molar-refractivity contribution in [2.45, 2.75) is 83.5 Å². The molecule has 5 atom stereocenters. The number of carboxylic acids is 1. The van der Waals surface area contributed by atoms with Crippen LogP contribution in [0.4, 0.5) is 0 Å². The van der Waals surface area contributed by atoms with Gasteiger partial charge in [0.1, 0.15) is 0 Å². The summed E-state index contributed by atoms with van der Waals surface area (Å²) in [5.74, 6) is 2.14. The van der Waals surface area contributed by atoms with Crippen LogP contribution in [0.25, 0.3) is 0 Å². The van der Waals surface area contributed by atoms with Gasteiger partial charge in [-0.15, -0.1) is 0 Å². The van der Waals surface area contributed by atoms with E-state index in [0.717, 1.165) is 43.9 Å². The molecule has 5 aliphatic rings. The number of carbonyl (C=O) groups is 1. The fourth-order valence-corrected chi connectivity index (χ4v) is 7.59. The summed E-state index contributed by atoms with van der Waals surface area (Å²) in [6.45, 7) is 0. The molecular weight excluding hydrogens is 308 g/mol. The normalized spacial score (nSPS) is 43.3. The van der Waals surface area contributed by atoms with Crippen LogP contribution < -0.4 is 0 Å². The Balaban J connectivity index is 1.53.